The minimum absolute atomic E-state index is 0.119. The van der Waals surface area contributed by atoms with E-state index in [9.17, 15) is 23.9 Å². The highest BCUT2D eigenvalue weighted by molar-refractivity contribution is 5.99. The Balaban J connectivity index is 1.66. The predicted octanol–water partition coefficient (Wildman–Crippen LogP) is 0.959. The summed E-state index contributed by atoms with van der Waals surface area (Å²) in [4.78, 5) is 39.3. The van der Waals surface area contributed by atoms with Crippen molar-refractivity contribution in [3.8, 4) is 5.75 Å². The Kier molecular flexibility index (Phi) is 4.83. The number of carbonyl (C=O) groups excluding carboxylic acids is 2. The van der Waals surface area contributed by atoms with E-state index in [1.54, 1.807) is 19.1 Å². The van der Waals surface area contributed by atoms with Crippen LogP contribution < -0.4 is 10.7 Å². The van der Waals surface area contributed by atoms with Crippen molar-refractivity contribution in [2.24, 2.45) is 0 Å². The van der Waals surface area contributed by atoms with Crippen molar-refractivity contribution in [1.29, 1.82) is 0 Å². The number of nitrogens with one attached hydrogen (secondary N) is 1. The predicted molar refractivity (Wildman–Crippen MR) is 100 cm³/mol. The Hall–Kier alpha value is -3.20. The van der Waals surface area contributed by atoms with Crippen molar-refractivity contribution >= 4 is 11.8 Å². The zero-order valence-electron chi connectivity index (χ0n) is 15.8. The number of aromatic nitrogens is 1. The zero-order valence-corrected chi connectivity index (χ0v) is 15.8. The van der Waals surface area contributed by atoms with Crippen molar-refractivity contribution in [2.45, 2.75) is 19.5 Å². The van der Waals surface area contributed by atoms with Crippen LogP contribution in [0.5, 0.6) is 5.75 Å². The van der Waals surface area contributed by atoms with Gasteiger partial charge in [-0.25, -0.2) is 4.39 Å². The van der Waals surface area contributed by atoms with Gasteiger partial charge in [-0.1, -0.05) is 12.1 Å². The Morgan fingerprint density at radius 2 is 2.17 bits per heavy atom. The van der Waals surface area contributed by atoms with Crippen LogP contribution in [0.4, 0.5) is 4.39 Å². The molecule has 1 aromatic heterocycles. The quantitative estimate of drug-likeness (QED) is 0.798. The summed E-state index contributed by atoms with van der Waals surface area (Å²) in [6, 6.07) is 4.30. The molecule has 4 rings (SSSR count). The average molecular weight is 401 g/mol. The summed E-state index contributed by atoms with van der Waals surface area (Å²) in [5, 5.41) is 12.9. The first-order valence-electron chi connectivity index (χ1n) is 9.25. The van der Waals surface area contributed by atoms with Gasteiger partial charge in [-0.15, -0.1) is 0 Å². The fraction of sp³-hybridized carbons (Fsp3) is 0.350. The minimum atomic E-state index is -0.938. The maximum atomic E-state index is 14.0. The lowest BCUT2D eigenvalue weighted by Crippen LogP contribution is -2.45. The maximum Gasteiger partial charge on any atom is 0.274 e. The number of halogens is 1. The molecule has 1 fully saturated rings. The summed E-state index contributed by atoms with van der Waals surface area (Å²) >= 11 is 0. The van der Waals surface area contributed by atoms with E-state index in [0.717, 1.165) is 5.56 Å². The minimum Gasteiger partial charge on any atom is -0.503 e. The molecule has 3 heterocycles. The molecule has 2 aliphatic heterocycles. The van der Waals surface area contributed by atoms with Gasteiger partial charge < -0.3 is 24.6 Å². The van der Waals surface area contributed by atoms with Gasteiger partial charge in [0.25, 0.3) is 11.8 Å². The second kappa shape index (κ2) is 7.32. The number of nitrogens with zero attached hydrogens (tertiary/aromatic N) is 2. The average Bonchev–Trinajstić information content (AvgIpc) is 2.91. The third-order valence-electron chi connectivity index (χ3n) is 5.23. The molecule has 2 amide bonds. The number of ether oxygens (including phenoxy) is 1. The van der Waals surface area contributed by atoms with Crippen molar-refractivity contribution in [1.82, 2.24) is 14.8 Å². The van der Waals surface area contributed by atoms with Crippen molar-refractivity contribution in [3.63, 3.8) is 0 Å². The summed E-state index contributed by atoms with van der Waals surface area (Å²) in [6.45, 7) is 3.01. The van der Waals surface area contributed by atoms with Gasteiger partial charge in [0, 0.05) is 31.4 Å². The first kappa shape index (κ1) is 19.1. The lowest BCUT2D eigenvalue weighted by atomic mass is 10.1. The molecule has 0 saturated carbocycles. The first-order chi connectivity index (χ1) is 13.9. The lowest BCUT2D eigenvalue weighted by Gasteiger charge is -2.33. The molecule has 0 unspecified atom stereocenters. The van der Waals surface area contributed by atoms with Crippen molar-refractivity contribution < 1.29 is 23.8 Å². The largest absolute Gasteiger partial charge is 0.503 e. The normalized spacial score (nSPS) is 18.2. The van der Waals surface area contributed by atoms with Crippen LogP contribution >= 0.6 is 0 Å². The summed E-state index contributed by atoms with van der Waals surface area (Å²) in [7, 11) is 0. The molecule has 1 atom stereocenters. The second-order valence-electron chi connectivity index (χ2n) is 7.23. The Morgan fingerprint density at radius 3 is 2.93 bits per heavy atom. The van der Waals surface area contributed by atoms with Gasteiger partial charge in [0.15, 0.2) is 11.4 Å². The van der Waals surface area contributed by atoms with Crippen LogP contribution in [0.1, 0.15) is 38.0 Å². The highest BCUT2D eigenvalue weighted by Crippen LogP contribution is 2.28. The Morgan fingerprint density at radius 1 is 1.38 bits per heavy atom. The number of hydrogen-bond acceptors (Lipinski definition) is 5. The van der Waals surface area contributed by atoms with E-state index in [-0.39, 0.29) is 36.0 Å². The number of benzene rings is 1. The van der Waals surface area contributed by atoms with Crippen LogP contribution in [0.3, 0.4) is 0 Å². The first-order valence-corrected chi connectivity index (χ1v) is 9.25. The summed E-state index contributed by atoms with van der Waals surface area (Å²) in [5.41, 5.74) is -0.372. The van der Waals surface area contributed by atoms with Gasteiger partial charge in [0.05, 0.1) is 19.3 Å². The Labute approximate surface area is 165 Å². The number of hydrogen-bond donors (Lipinski definition) is 2. The molecule has 29 heavy (non-hydrogen) atoms. The molecule has 0 spiro atoms. The molecule has 1 saturated heterocycles. The number of pyridine rings is 1. The summed E-state index contributed by atoms with van der Waals surface area (Å²) in [6.07, 6.45) is 1.27. The topological polar surface area (TPSA) is 101 Å². The highest BCUT2D eigenvalue weighted by atomic mass is 19.1. The van der Waals surface area contributed by atoms with Crippen LogP contribution in [0, 0.1) is 12.7 Å². The van der Waals surface area contributed by atoms with Gasteiger partial charge in [0.1, 0.15) is 11.4 Å². The molecule has 152 valence electrons. The van der Waals surface area contributed by atoms with Gasteiger partial charge >= 0.3 is 0 Å². The van der Waals surface area contributed by atoms with E-state index in [4.69, 9.17) is 4.74 Å². The maximum absolute atomic E-state index is 14.0. The van der Waals surface area contributed by atoms with E-state index in [2.05, 4.69) is 5.32 Å². The molecule has 1 aromatic carbocycles. The number of aryl methyl sites for hydroxylation is 1. The number of aromatic hydroxyl groups is 1. The van der Waals surface area contributed by atoms with Gasteiger partial charge in [-0.2, -0.15) is 0 Å². The van der Waals surface area contributed by atoms with E-state index >= 15 is 0 Å². The van der Waals surface area contributed by atoms with E-state index in [1.165, 1.54) is 21.7 Å². The molecule has 2 aromatic rings. The van der Waals surface area contributed by atoms with E-state index in [0.29, 0.717) is 19.7 Å². The van der Waals surface area contributed by atoms with Gasteiger partial charge in [0.2, 0.25) is 5.43 Å². The fourth-order valence-electron chi connectivity index (χ4n) is 3.64. The molecule has 0 aliphatic carbocycles. The third-order valence-corrected chi connectivity index (χ3v) is 5.23. The van der Waals surface area contributed by atoms with Gasteiger partial charge in [-0.05, 0) is 18.6 Å². The highest BCUT2D eigenvalue weighted by Gasteiger charge is 2.36. The SMILES string of the molecule is Cc1ccc(CNC(=O)c2cn3c(c(O)c2=O)C(=O)N2CCOC[C@H]3C2)c(F)c1. The second-order valence-corrected chi connectivity index (χ2v) is 7.23. The standard InChI is InChI=1S/C20H20FN3O5/c1-11-2-3-12(15(21)6-11)7-22-19(27)14-9-24-13-8-23(4-5-29-10-13)20(28)16(24)18(26)17(14)25/h2-3,6,9,13,26H,4-5,7-8,10H2,1H3,(H,22,27)/t13-/m1/s1. The van der Waals surface area contributed by atoms with E-state index in [1.807, 2.05) is 0 Å². The summed E-state index contributed by atoms with van der Waals surface area (Å²) in [5.74, 6) is -2.46. The van der Waals surface area contributed by atoms with Crippen LogP contribution in [0.25, 0.3) is 0 Å². The number of fused-ring (bicyclic) bond motifs is 4. The number of amides is 2. The monoisotopic (exact) mass is 401 g/mol. The smallest absolute Gasteiger partial charge is 0.274 e. The van der Waals surface area contributed by atoms with Crippen LogP contribution in [0.2, 0.25) is 0 Å². The lowest BCUT2D eigenvalue weighted by molar-refractivity contribution is 0.0685. The summed E-state index contributed by atoms with van der Waals surface area (Å²) < 4.78 is 20.9. The van der Waals surface area contributed by atoms with Crippen molar-refractivity contribution in [3.05, 3.63) is 62.8 Å². The molecular formula is C20H20FN3O5. The van der Waals surface area contributed by atoms with Gasteiger partial charge in [-0.3, -0.25) is 14.4 Å². The third kappa shape index (κ3) is 3.38. The number of carbonyl (C=O) groups is 2. The van der Waals surface area contributed by atoms with Crippen molar-refractivity contribution in [2.75, 3.05) is 26.3 Å². The molecular weight excluding hydrogens is 381 g/mol. The zero-order chi connectivity index (χ0) is 20.7. The molecule has 8 nitrogen and oxygen atoms in total. The molecule has 2 aliphatic rings. The fourth-order valence-corrected chi connectivity index (χ4v) is 3.64. The van der Waals surface area contributed by atoms with Crippen LogP contribution in [0.15, 0.2) is 29.2 Å². The van der Waals surface area contributed by atoms with E-state index < -0.39 is 28.8 Å². The molecule has 2 bridgehead atoms. The molecule has 2 N–H and O–H groups in total. The molecule has 0 radical (unpaired) electrons. The number of rotatable bonds is 3. The van der Waals surface area contributed by atoms with Crippen LogP contribution in [-0.4, -0.2) is 52.7 Å². The van der Waals surface area contributed by atoms with Crippen LogP contribution in [-0.2, 0) is 11.3 Å². The Bertz CT molecular complexity index is 1060. The molecule has 9 heteroatoms.